The molecule has 0 aliphatic rings. The minimum atomic E-state index is -0.316. The molecule has 8 nitrogen and oxygen atoms in total. The van der Waals surface area contributed by atoms with Crippen LogP contribution in [0.15, 0.2) is 35.2 Å². The van der Waals surface area contributed by atoms with Crippen molar-refractivity contribution < 1.29 is 14.1 Å². The minimum absolute atomic E-state index is 0. The van der Waals surface area contributed by atoms with Crippen LogP contribution in [-0.2, 0) is 6.42 Å². The number of imidazole rings is 1. The van der Waals surface area contributed by atoms with Crippen molar-refractivity contribution >= 4 is 41.0 Å². The third-order valence-electron chi connectivity index (χ3n) is 3.54. The first kappa shape index (κ1) is 20.0. The normalized spacial score (nSPS) is 11.8. The smallest absolute Gasteiger partial charge is 0.328 e. The lowest BCUT2D eigenvalue weighted by Crippen LogP contribution is -2.30. The molecule has 3 aromatic rings. The number of ether oxygens (including phenoxy) is 1. The van der Waals surface area contributed by atoms with Crippen LogP contribution in [0.25, 0.3) is 11.0 Å². The van der Waals surface area contributed by atoms with Gasteiger partial charge in [-0.15, -0.1) is 12.4 Å². The van der Waals surface area contributed by atoms with Gasteiger partial charge in [-0.05, 0) is 23.4 Å². The molecule has 0 bridgehead atoms. The van der Waals surface area contributed by atoms with Crippen molar-refractivity contribution in [2.24, 2.45) is 5.73 Å². The molecule has 3 rings (SSSR count). The van der Waals surface area contributed by atoms with E-state index in [-0.39, 0.29) is 31.1 Å². The number of hydrogen-bond acceptors (Lipinski definition) is 6. The number of fused-ring (bicyclic) bond motifs is 1. The molecule has 1 amide bonds. The molecule has 0 saturated heterocycles. The molecule has 1 aromatic carbocycles. The van der Waals surface area contributed by atoms with E-state index < -0.39 is 0 Å². The Hall–Kier alpha value is -2.29. The van der Waals surface area contributed by atoms with E-state index in [0.717, 1.165) is 0 Å². The second-order valence-corrected chi connectivity index (χ2v) is 6.29. The lowest BCUT2D eigenvalue weighted by atomic mass is 10.2. The van der Waals surface area contributed by atoms with Crippen LogP contribution in [0, 0.1) is 0 Å². The first-order valence-electron chi connectivity index (χ1n) is 7.62. The third kappa shape index (κ3) is 4.46. The number of nitrogens with zero attached hydrogens (tertiary/aromatic N) is 4. The van der Waals surface area contributed by atoms with Crippen LogP contribution in [0.4, 0.5) is 4.79 Å². The van der Waals surface area contributed by atoms with Crippen molar-refractivity contribution in [2.45, 2.75) is 12.5 Å². The minimum Gasteiger partial charge on any atom is -0.473 e. The first-order valence-corrected chi connectivity index (χ1v) is 7.99. The lowest BCUT2D eigenvalue weighted by molar-refractivity contribution is 0.219. The Morgan fingerprint density at radius 3 is 2.96 bits per heavy atom. The van der Waals surface area contributed by atoms with Crippen molar-refractivity contribution in [2.75, 3.05) is 20.7 Å². The zero-order valence-corrected chi connectivity index (χ0v) is 15.8. The van der Waals surface area contributed by atoms with Gasteiger partial charge in [-0.1, -0.05) is 11.6 Å². The van der Waals surface area contributed by atoms with Gasteiger partial charge in [0.25, 0.3) is 5.88 Å². The molecule has 2 aromatic heterocycles. The third-order valence-corrected chi connectivity index (χ3v) is 3.78. The summed E-state index contributed by atoms with van der Waals surface area (Å²) in [5.74, 6) is 0.348. The Morgan fingerprint density at radius 2 is 2.23 bits per heavy atom. The summed E-state index contributed by atoms with van der Waals surface area (Å²) in [6.45, 7) is 0.225. The Labute approximate surface area is 161 Å². The molecule has 0 aliphatic carbocycles. The standard InChI is InChI=1S/C16H18ClN5O3.ClH/c1-21(2)16(23)22-7-12(19-9-22)6-11(18)8-24-15-13-5-10(17)3-4-14(13)25-20-15;/h3-5,7,9,11H,6,8,18H2,1-2H3;1H. The summed E-state index contributed by atoms with van der Waals surface area (Å²) in [5.41, 5.74) is 7.39. The van der Waals surface area contributed by atoms with Crippen LogP contribution >= 0.6 is 24.0 Å². The first-order chi connectivity index (χ1) is 11.9. The number of rotatable bonds is 5. The van der Waals surface area contributed by atoms with Gasteiger partial charge in [0, 0.05) is 37.8 Å². The fraction of sp³-hybridized carbons (Fsp3) is 0.312. The average Bonchev–Trinajstić information content (AvgIpc) is 3.18. The monoisotopic (exact) mass is 399 g/mol. The molecule has 0 saturated carbocycles. The molecule has 0 aliphatic heterocycles. The molecule has 1 unspecified atom stereocenters. The van der Waals surface area contributed by atoms with Gasteiger partial charge in [0.15, 0.2) is 5.58 Å². The highest BCUT2D eigenvalue weighted by Gasteiger charge is 2.14. The highest BCUT2D eigenvalue weighted by atomic mass is 35.5. The largest absolute Gasteiger partial charge is 0.473 e. The van der Waals surface area contributed by atoms with Crippen LogP contribution in [-0.4, -0.2) is 52.4 Å². The second-order valence-electron chi connectivity index (χ2n) is 5.85. The summed E-state index contributed by atoms with van der Waals surface area (Å²) in [4.78, 5) is 17.5. The fourth-order valence-electron chi connectivity index (χ4n) is 2.31. The van der Waals surface area contributed by atoms with E-state index in [0.29, 0.717) is 34.0 Å². The number of carbonyl (C=O) groups excluding carboxylic acids is 1. The summed E-state index contributed by atoms with van der Waals surface area (Å²) in [6.07, 6.45) is 3.59. The van der Waals surface area contributed by atoms with Crippen molar-refractivity contribution in [3.63, 3.8) is 0 Å². The van der Waals surface area contributed by atoms with Gasteiger partial charge in [-0.3, -0.25) is 4.57 Å². The van der Waals surface area contributed by atoms with Crippen LogP contribution in [0.3, 0.4) is 0 Å². The molecule has 10 heteroatoms. The highest BCUT2D eigenvalue weighted by molar-refractivity contribution is 6.31. The zero-order chi connectivity index (χ0) is 18.0. The van der Waals surface area contributed by atoms with E-state index in [1.807, 2.05) is 0 Å². The van der Waals surface area contributed by atoms with Crippen LogP contribution in [0.1, 0.15) is 5.69 Å². The maximum absolute atomic E-state index is 11.8. The number of aromatic nitrogens is 3. The summed E-state index contributed by atoms with van der Waals surface area (Å²) in [5, 5.41) is 5.15. The van der Waals surface area contributed by atoms with Gasteiger partial charge >= 0.3 is 6.03 Å². The number of carbonyl (C=O) groups is 1. The molecule has 140 valence electrons. The molecule has 0 radical (unpaired) electrons. The van der Waals surface area contributed by atoms with E-state index in [1.54, 1.807) is 38.5 Å². The van der Waals surface area contributed by atoms with Gasteiger partial charge in [0.2, 0.25) is 0 Å². The zero-order valence-electron chi connectivity index (χ0n) is 14.3. The quantitative estimate of drug-likeness (QED) is 0.707. The number of amides is 1. The number of nitrogens with two attached hydrogens (primary N) is 1. The van der Waals surface area contributed by atoms with Crippen LogP contribution < -0.4 is 10.5 Å². The molecular formula is C16H19Cl2N5O3. The Balaban J connectivity index is 0.00000243. The van der Waals surface area contributed by atoms with E-state index in [1.165, 1.54) is 15.8 Å². The Morgan fingerprint density at radius 1 is 1.46 bits per heavy atom. The van der Waals surface area contributed by atoms with Gasteiger partial charge in [0.05, 0.1) is 11.1 Å². The van der Waals surface area contributed by atoms with Crippen LogP contribution in [0.2, 0.25) is 5.02 Å². The predicted molar refractivity (Wildman–Crippen MR) is 100 cm³/mol. The molecule has 0 fully saturated rings. The molecular weight excluding hydrogens is 381 g/mol. The molecule has 2 N–H and O–H groups in total. The average molecular weight is 400 g/mol. The Bertz CT molecular complexity index is 893. The SMILES string of the molecule is CN(C)C(=O)n1cnc(CC(N)COc2noc3ccc(Cl)cc23)c1.Cl. The Kier molecular flexibility index (Phi) is 6.47. The fourth-order valence-corrected chi connectivity index (χ4v) is 2.48. The summed E-state index contributed by atoms with van der Waals surface area (Å²) in [7, 11) is 3.35. The van der Waals surface area contributed by atoms with Crippen molar-refractivity contribution in [3.05, 3.63) is 41.4 Å². The molecule has 2 heterocycles. The van der Waals surface area contributed by atoms with Gasteiger partial charge < -0.3 is 19.9 Å². The number of hydrogen-bond donors (Lipinski definition) is 1. The second kappa shape index (κ2) is 8.39. The van der Waals surface area contributed by atoms with Crippen molar-refractivity contribution in [1.29, 1.82) is 0 Å². The summed E-state index contributed by atoms with van der Waals surface area (Å²) in [6, 6.07) is 4.68. The highest BCUT2D eigenvalue weighted by Crippen LogP contribution is 2.27. The van der Waals surface area contributed by atoms with E-state index >= 15 is 0 Å². The maximum Gasteiger partial charge on any atom is 0.328 e. The maximum atomic E-state index is 11.8. The van der Waals surface area contributed by atoms with E-state index in [9.17, 15) is 4.79 Å². The van der Waals surface area contributed by atoms with Gasteiger partial charge in [0.1, 0.15) is 12.9 Å². The number of halogens is 2. The lowest BCUT2D eigenvalue weighted by Gasteiger charge is -2.11. The van der Waals surface area contributed by atoms with Crippen molar-refractivity contribution in [1.82, 2.24) is 19.6 Å². The molecule has 0 spiro atoms. The van der Waals surface area contributed by atoms with Gasteiger partial charge in [-0.2, -0.15) is 0 Å². The van der Waals surface area contributed by atoms with Crippen LogP contribution in [0.5, 0.6) is 5.88 Å². The van der Waals surface area contributed by atoms with E-state index in [4.69, 9.17) is 26.6 Å². The molecule has 26 heavy (non-hydrogen) atoms. The predicted octanol–water partition coefficient (Wildman–Crippen LogP) is 2.58. The van der Waals surface area contributed by atoms with Gasteiger partial charge in [-0.25, -0.2) is 9.78 Å². The van der Waals surface area contributed by atoms with E-state index in [2.05, 4.69) is 10.1 Å². The molecule has 1 atom stereocenters. The summed E-state index contributed by atoms with van der Waals surface area (Å²) >= 11 is 5.98. The number of benzene rings is 1. The summed E-state index contributed by atoms with van der Waals surface area (Å²) < 4.78 is 12.2. The topological polar surface area (TPSA) is 99.4 Å². The van der Waals surface area contributed by atoms with Crippen molar-refractivity contribution in [3.8, 4) is 5.88 Å².